The van der Waals surface area contributed by atoms with Crippen molar-refractivity contribution < 1.29 is 38.4 Å². The number of rotatable bonds is 15. The van der Waals surface area contributed by atoms with Crippen molar-refractivity contribution in [2.24, 2.45) is 5.10 Å². The molecule has 1 heterocycles. The van der Waals surface area contributed by atoms with Gasteiger partial charge in [-0.15, -0.1) is 0 Å². The summed E-state index contributed by atoms with van der Waals surface area (Å²) in [5.41, 5.74) is 4.43. The lowest BCUT2D eigenvalue weighted by atomic mass is 9.95. The topological polar surface area (TPSA) is 149 Å². The number of hydrazone groups is 1. The van der Waals surface area contributed by atoms with Gasteiger partial charge >= 0.3 is 12.0 Å². The number of urea groups is 1. The van der Waals surface area contributed by atoms with Crippen LogP contribution in [0.15, 0.2) is 59.4 Å². The van der Waals surface area contributed by atoms with E-state index in [1.807, 2.05) is 6.92 Å². The molecule has 3 rings (SSSR count). The Kier molecular flexibility index (Phi) is 11.9. The molecule has 0 saturated heterocycles. The van der Waals surface area contributed by atoms with E-state index in [1.54, 1.807) is 50.3 Å². The van der Waals surface area contributed by atoms with Gasteiger partial charge in [-0.3, -0.25) is 5.43 Å². The summed E-state index contributed by atoms with van der Waals surface area (Å²) in [4.78, 5) is 24.5. The molecule has 4 N–H and O–H groups in total. The van der Waals surface area contributed by atoms with Gasteiger partial charge < -0.3 is 39.4 Å². The number of methoxy groups -OCH3 is 1. The third kappa shape index (κ3) is 8.30. The lowest BCUT2D eigenvalue weighted by Crippen LogP contribution is -2.45. The fraction of sp³-hybridized carbons (Fsp3) is 0.345. The summed E-state index contributed by atoms with van der Waals surface area (Å²) in [5.74, 6) is 0.985. The van der Waals surface area contributed by atoms with Gasteiger partial charge in [-0.1, -0.05) is 30.3 Å². The van der Waals surface area contributed by atoms with Gasteiger partial charge in [0.2, 0.25) is 0 Å². The summed E-state index contributed by atoms with van der Waals surface area (Å²) in [5, 5.41) is 20.1. The number of nitrogens with one attached hydrogen (secondary N) is 3. The molecule has 1 aliphatic heterocycles. The maximum atomic E-state index is 12.4. The number of aliphatic hydroxyl groups is 1. The molecular formula is C29H35ClN4O8. The van der Waals surface area contributed by atoms with Crippen LogP contribution in [0.25, 0.3) is 0 Å². The Balaban J connectivity index is 1.69. The highest BCUT2D eigenvalue weighted by atomic mass is 35.5. The fourth-order valence-corrected chi connectivity index (χ4v) is 4.30. The lowest BCUT2D eigenvalue weighted by molar-refractivity contribution is -0.136. The van der Waals surface area contributed by atoms with Gasteiger partial charge in [-0.05, 0) is 56.2 Å². The van der Waals surface area contributed by atoms with Crippen LogP contribution in [-0.2, 0) is 9.53 Å². The first-order valence-electron chi connectivity index (χ1n) is 13.1. The molecule has 2 aromatic rings. The number of nitrogens with zero attached hydrogens (tertiary/aromatic N) is 1. The molecule has 226 valence electrons. The molecule has 0 saturated carbocycles. The minimum atomic E-state index is -1.17. The lowest BCUT2D eigenvalue weighted by Gasteiger charge is -2.28. The van der Waals surface area contributed by atoms with E-state index in [4.69, 9.17) is 35.3 Å². The molecule has 2 amide bonds. The number of halogens is 1. The Morgan fingerprint density at radius 3 is 2.57 bits per heavy atom. The molecule has 0 bridgehead atoms. The first-order valence-corrected chi connectivity index (χ1v) is 13.5. The zero-order valence-corrected chi connectivity index (χ0v) is 24.6. The van der Waals surface area contributed by atoms with Crippen molar-refractivity contribution in [2.45, 2.75) is 33.0 Å². The Hall–Kier alpha value is -4.42. The molecule has 0 fully saturated rings. The van der Waals surface area contributed by atoms with Crippen LogP contribution in [0, 0.1) is 0 Å². The Labute approximate surface area is 249 Å². The van der Waals surface area contributed by atoms with Gasteiger partial charge in [0.15, 0.2) is 29.2 Å². The number of allylic oxidation sites excluding steroid dienone is 1. The molecule has 0 aromatic heterocycles. The van der Waals surface area contributed by atoms with Crippen molar-refractivity contribution in [3.8, 4) is 23.0 Å². The second-order valence-electron chi connectivity index (χ2n) is 8.78. The number of carbonyl (C=O) groups is 2. The van der Waals surface area contributed by atoms with E-state index in [2.05, 4.69) is 27.7 Å². The smallest absolute Gasteiger partial charge is 0.337 e. The van der Waals surface area contributed by atoms with Gasteiger partial charge in [0, 0.05) is 5.70 Å². The molecule has 0 aliphatic carbocycles. The normalized spacial score (nSPS) is 15.4. The summed E-state index contributed by atoms with van der Waals surface area (Å²) in [6, 6.07) is 7.12. The van der Waals surface area contributed by atoms with Crippen LogP contribution >= 0.6 is 11.6 Å². The third-order valence-electron chi connectivity index (χ3n) is 5.79. The maximum absolute atomic E-state index is 12.4. The number of esters is 1. The summed E-state index contributed by atoms with van der Waals surface area (Å²) >= 11 is 6.36. The van der Waals surface area contributed by atoms with E-state index < -0.39 is 24.3 Å². The number of carbonyl (C=O) groups excluding carboxylic acids is 2. The number of amides is 2. The van der Waals surface area contributed by atoms with Crippen LogP contribution < -0.4 is 35.0 Å². The van der Waals surface area contributed by atoms with E-state index in [0.717, 1.165) is 0 Å². The van der Waals surface area contributed by atoms with Gasteiger partial charge in [0.05, 0.1) is 43.2 Å². The molecule has 0 spiro atoms. The average molecular weight is 603 g/mol. The largest absolute Gasteiger partial charge is 0.490 e. The van der Waals surface area contributed by atoms with Crippen molar-refractivity contribution in [1.29, 1.82) is 0 Å². The van der Waals surface area contributed by atoms with E-state index in [-0.39, 0.29) is 18.8 Å². The average Bonchev–Trinajstić information content (AvgIpc) is 2.95. The maximum Gasteiger partial charge on any atom is 0.337 e. The first kappa shape index (κ1) is 32.1. The number of hydrogen-bond donors (Lipinski definition) is 4. The number of aliphatic hydroxyl groups excluding tert-OH is 1. The van der Waals surface area contributed by atoms with Crippen LogP contribution in [0.2, 0.25) is 5.02 Å². The number of benzene rings is 2. The molecule has 2 atom stereocenters. The zero-order valence-electron chi connectivity index (χ0n) is 23.9. The highest BCUT2D eigenvalue weighted by Gasteiger charge is 2.32. The molecule has 42 heavy (non-hydrogen) atoms. The Morgan fingerprint density at radius 2 is 1.88 bits per heavy atom. The van der Waals surface area contributed by atoms with Gasteiger partial charge in [-0.2, -0.15) is 5.10 Å². The van der Waals surface area contributed by atoms with Crippen molar-refractivity contribution in [1.82, 2.24) is 16.1 Å². The minimum absolute atomic E-state index is 0.174. The summed E-state index contributed by atoms with van der Waals surface area (Å²) in [7, 11) is 1.27. The summed E-state index contributed by atoms with van der Waals surface area (Å²) in [6.45, 7) is 9.74. The Bertz CT molecular complexity index is 1350. The highest BCUT2D eigenvalue weighted by Crippen LogP contribution is 2.37. The minimum Gasteiger partial charge on any atom is -0.490 e. The SMILES string of the molecule is C=CCOc1c(Cl)cc(/C=N\N[C@@H](O)COc2ccc([C@@H]3NC(=O)NC(C)=C3C(=O)OC)cc2OCC)cc1OCC. The van der Waals surface area contributed by atoms with Crippen molar-refractivity contribution in [3.05, 3.63) is 70.4 Å². The van der Waals surface area contributed by atoms with E-state index in [1.165, 1.54) is 13.3 Å². The number of hydrogen-bond acceptors (Lipinski definition) is 10. The van der Waals surface area contributed by atoms with Crippen LogP contribution in [0.4, 0.5) is 4.79 Å². The molecule has 12 nitrogen and oxygen atoms in total. The first-order chi connectivity index (χ1) is 20.2. The van der Waals surface area contributed by atoms with Gasteiger partial charge in [0.25, 0.3) is 0 Å². The standard InChI is InChI=1S/C29H35ClN4O8/c1-6-11-41-27-20(30)12-18(13-23(27)40-8-3)15-31-34-24(35)16-42-21-10-9-19(14-22(21)39-7-2)26-25(28(36)38-5)17(4)32-29(37)33-26/h6,9-10,12-15,24,26,34-35H,1,7-8,11,16H2,2-5H3,(H2,32,33,37)/b31-15-/t24-,26-/m0/s1. The molecule has 0 radical (unpaired) electrons. The Morgan fingerprint density at radius 1 is 1.14 bits per heavy atom. The van der Waals surface area contributed by atoms with Crippen LogP contribution in [-0.4, -0.2) is 63.1 Å². The van der Waals surface area contributed by atoms with E-state index in [0.29, 0.717) is 58.1 Å². The van der Waals surface area contributed by atoms with E-state index in [9.17, 15) is 14.7 Å². The third-order valence-corrected chi connectivity index (χ3v) is 6.07. The molecule has 13 heteroatoms. The molecule has 0 unspecified atom stereocenters. The molecule has 2 aromatic carbocycles. The second kappa shape index (κ2) is 15.5. The summed E-state index contributed by atoms with van der Waals surface area (Å²) < 4.78 is 27.6. The van der Waals surface area contributed by atoms with E-state index >= 15 is 0 Å². The fourth-order valence-electron chi connectivity index (χ4n) is 4.03. The highest BCUT2D eigenvalue weighted by molar-refractivity contribution is 6.32. The van der Waals surface area contributed by atoms with Crippen LogP contribution in [0.3, 0.4) is 0 Å². The zero-order chi connectivity index (χ0) is 30.6. The second-order valence-corrected chi connectivity index (χ2v) is 9.18. The molecule has 1 aliphatic rings. The quantitative estimate of drug-likeness (QED) is 0.0784. The van der Waals surface area contributed by atoms with Crippen molar-refractivity contribution in [3.63, 3.8) is 0 Å². The number of ether oxygens (including phenoxy) is 5. The van der Waals surface area contributed by atoms with Crippen LogP contribution in [0.1, 0.15) is 37.9 Å². The van der Waals surface area contributed by atoms with Crippen LogP contribution in [0.5, 0.6) is 23.0 Å². The predicted octanol–water partition coefficient (Wildman–Crippen LogP) is 3.82. The predicted molar refractivity (Wildman–Crippen MR) is 157 cm³/mol. The monoisotopic (exact) mass is 602 g/mol. The molecular weight excluding hydrogens is 568 g/mol. The van der Waals surface area contributed by atoms with Crippen molar-refractivity contribution >= 4 is 29.8 Å². The summed E-state index contributed by atoms with van der Waals surface area (Å²) in [6.07, 6.45) is 1.90. The van der Waals surface area contributed by atoms with Gasteiger partial charge in [-0.25, -0.2) is 9.59 Å². The van der Waals surface area contributed by atoms with Gasteiger partial charge in [0.1, 0.15) is 13.2 Å². The van der Waals surface area contributed by atoms with Crippen molar-refractivity contribution in [2.75, 3.05) is 33.5 Å².